The van der Waals surface area contributed by atoms with Crippen LogP contribution in [0, 0.1) is 12.8 Å². The van der Waals surface area contributed by atoms with Crippen LogP contribution in [0.3, 0.4) is 0 Å². The van der Waals surface area contributed by atoms with Gasteiger partial charge in [0, 0.05) is 6.07 Å². The van der Waals surface area contributed by atoms with Crippen LogP contribution < -0.4 is 4.74 Å². The third-order valence-electron chi connectivity index (χ3n) is 3.23. The number of phenolic OH excluding ortho intramolecular Hbond substituents is 1. The maximum atomic E-state index is 9.50. The molecule has 1 N–H and O–H groups in total. The molecule has 0 radical (unpaired) electrons. The van der Waals surface area contributed by atoms with Crippen molar-refractivity contribution in [2.75, 3.05) is 0 Å². The predicted molar refractivity (Wildman–Crippen MR) is 64.9 cm³/mol. The summed E-state index contributed by atoms with van der Waals surface area (Å²) in [4.78, 5) is 0. The summed E-state index contributed by atoms with van der Waals surface area (Å²) in [6.45, 7) is 4.25. The molecule has 1 aliphatic rings. The molecule has 16 heavy (non-hydrogen) atoms. The van der Waals surface area contributed by atoms with Crippen molar-refractivity contribution in [3.8, 4) is 11.5 Å². The van der Waals surface area contributed by atoms with E-state index in [1.54, 1.807) is 12.1 Å². The van der Waals surface area contributed by atoms with Gasteiger partial charge in [-0.2, -0.15) is 0 Å². The molecular formula is C14H20O2. The zero-order valence-electron chi connectivity index (χ0n) is 10.1. The number of ether oxygens (including phenoxy) is 1. The average Bonchev–Trinajstić information content (AvgIpc) is 2.15. The van der Waals surface area contributed by atoms with Crippen LogP contribution in [0.4, 0.5) is 0 Å². The second kappa shape index (κ2) is 4.77. The molecule has 1 aromatic rings. The number of aryl methyl sites for hydroxylation is 1. The number of phenols is 1. The molecule has 0 bridgehead atoms. The second-order valence-corrected chi connectivity index (χ2v) is 5.02. The normalized spacial score (nSPS) is 25.4. The smallest absolute Gasteiger partial charge is 0.123 e. The van der Waals surface area contributed by atoms with Crippen LogP contribution in [-0.4, -0.2) is 11.2 Å². The molecule has 1 saturated carbocycles. The lowest BCUT2D eigenvalue weighted by Crippen LogP contribution is -2.24. The first-order valence-corrected chi connectivity index (χ1v) is 6.11. The van der Waals surface area contributed by atoms with Crippen molar-refractivity contribution in [3.63, 3.8) is 0 Å². The fourth-order valence-corrected chi connectivity index (χ4v) is 2.47. The molecule has 2 atom stereocenters. The molecule has 0 heterocycles. The van der Waals surface area contributed by atoms with Gasteiger partial charge < -0.3 is 9.84 Å². The molecule has 0 spiro atoms. The molecule has 2 rings (SSSR count). The lowest BCUT2D eigenvalue weighted by Gasteiger charge is -2.27. The summed E-state index contributed by atoms with van der Waals surface area (Å²) in [5.74, 6) is 1.85. The standard InChI is InChI=1S/C14H20O2/c1-10-4-3-5-13(7-10)16-14-8-11(2)6-12(15)9-14/h6,8-10,13,15H,3-5,7H2,1-2H3. The predicted octanol–water partition coefficient (Wildman–Crippen LogP) is 3.66. The molecular weight excluding hydrogens is 200 g/mol. The summed E-state index contributed by atoms with van der Waals surface area (Å²) in [6.07, 6.45) is 5.17. The summed E-state index contributed by atoms with van der Waals surface area (Å²) in [6, 6.07) is 5.43. The average molecular weight is 220 g/mol. The molecule has 1 aromatic carbocycles. The van der Waals surface area contributed by atoms with Gasteiger partial charge in [-0.15, -0.1) is 0 Å². The molecule has 0 saturated heterocycles. The number of rotatable bonds is 2. The highest BCUT2D eigenvalue weighted by molar-refractivity contribution is 5.36. The number of benzene rings is 1. The summed E-state index contributed by atoms with van der Waals surface area (Å²) in [7, 11) is 0. The third kappa shape index (κ3) is 2.91. The van der Waals surface area contributed by atoms with Crippen LogP contribution >= 0.6 is 0 Å². The highest BCUT2D eigenvalue weighted by Crippen LogP contribution is 2.29. The zero-order valence-corrected chi connectivity index (χ0v) is 10.1. The Morgan fingerprint density at radius 3 is 2.75 bits per heavy atom. The lowest BCUT2D eigenvalue weighted by atomic mass is 9.89. The van der Waals surface area contributed by atoms with E-state index in [4.69, 9.17) is 4.74 Å². The van der Waals surface area contributed by atoms with Crippen LogP contribution in [0.2, 0.25) is 0 Å². The van der Waals surface area contributed by atoms with Gasteiger partial charge in [0.05, 0.1) is 6.10 Å². The Balaban J connectivity index is 2.02. The fourth-order valence-electron chi connectivity index (χ4n) is 2.47. The van der Waals surface area contributed by atoms with Gasteiger partial charge >= 0.3 is 0 Å². The van der Waals surface area contributed by atoms with Crippen molar-refractivity contribution in [2.24, 2.45) is 5.92 Å². The van der Waals surface area contributed by atoms with Crippen molar-refractivity contribution in [3.05, 3.63) is 23.8 Å². The van der Waals surface area contributed by atoms with E-state index in [-0.39, 0.29) is 0 Å². The maximum absolute atomic E-state index is 9.50. The van der Waals surface area contributed by atoms with Gasteiger partial charge in [0.15, 0.2) is 0 Å². The molecule has 88 valence electrons. The molecule has 2 unspecified atom stereocenters. The van der Waals surface area contributed by atoms with Crippen LogP contribution in [0.5, 0.6) is 11.5 Å². The Labute approximate surface area is 97.3 Å². The first-order valence-electron chi connectivity index (χ1n) is 6.11. The molecule has 2 nitrogen and oxygen atoms in total. The van der Waals surface area contributed by atoms with Gasteiger partial charge in [0.1, 0.15) is 11.5 Å². The summed E-state index contributed by atoms with van der Waals surface area (Å²) >= 11 is 0. The molecule has 0 aliphatic heterocycles. The number of aromatic hydroxyl groups is 1. The van der Waals surface area contributed by atoms with Crippen molar-refractivity contribution in [2.45, 2.75) is 45.6 Å². The van der Waals surface area contributed by atoms with Crippen LogP contribution in [0.1, 0.15) is 38.2 Å². The minimum Gasteiger partial charge on any atom is -0.508 e. The third-order valence-corrected chi connectivity index (χ3v) is 3.23. The number of hydrogen-bond acceptors (Lipinski definition) is 2. The Kier molecular flexibility index (Phi) is 3.37. The van der Waals surface area contributed by atoms with E-state index in [9.17, 15) is 5.11 Å². The largest absolute Gasteiger partial charge is 0.508 e. The van der Waals surface area contributed by atoms with Crippen LogP contribution in [0.15, 0.2) is 18.2 Å². The van der Waals surface area contributed by atoms with E-state index in [0.29, 0.717) is 11.9 Å². The van der Waals surface area contributed by atoms with E-state index < -0.39 is 0 Å². The van der Waals surface area contributed by atoms with E-state index in [1.807, 2.05) is 13.0 Å². The molecule has 0 amide bonds. The first kappa shape index (κ1) is 11.3. The van der Waals surface area contributed by atoms with Crippen LogP contribution in [-0.2, 0) is 0 Å². The highest BCUT2D eigenvalue weighted by Gasteiger charge is 2.20. The van der Waals surface area contributed by atoms with Gasteiger partial charge in [0.2, 0.25) is 0 Å². The van der Waals surface area contributed by atoms with Gasteiger partial charge in [-0.25, -0.2) is 0 Å². The zero-order chi connectivity index (χ0) is 11.5. The van der Waals surface area contributed by atoms with Crippen molar-refractivity contribution >= 4 is 0 Å². The van der Waals surface area contributed by atoms with Gasteiger partial charge in [-0.3, -0.25) is 0 Å². The van der Waals surface area contributed by atoms with E-state index in [1.165, 1.54) is 12.8 Å². The second-order valence-electron chi connectivity index (χ2n) is 5.02. The van der Waals surface area contributed by atoms with Gasteiger partial charge in [0.25, 0.3) is 0 Å². The summed E-state index contributed by atoms with van der Waals surface area (Å²) < 4.78 is 5.93. The fraction of sp³-hybridized carbons (Fsp3) is 0.571. The number of hydrogen-bond donors (Lipinski definition) is 1. The van der Waals surface area contributed by atoms with Crippen LogP contribution in [0.25, 0.3) is 0 Å². The lowest BCUT2D eigenvalue weighted by molar-refractivity contribution is 0.129. The Morgan fingerprint density at radius 2 is 2.06 bits per heavy atom. The Morgan fingerprint density at radius 1 is 1.25 bits per heavy atom. The van der Waals surface area contributed by atoms with E-state index in [2.05, 4.69) is 6.92 Å². The maximum Gasteiger partial charge on any atom is 0.123 e. The van der Waals surface area contributed by atoms with Crippen molar-refractivity contribution < 1.29 is 9.84 Å². The topological polar surface area (TPSA) is 29.5 Å². The highest BCUT2D eigenvalue weighted by atomic mass is 16.5. The SMILES string of the molecule is Cc1cc(O)cc(OC2CCCC(C)C2)c1. The Bertz CT molecular complexity index is 340. The molecule has 0 aromatic heterocycles. The minimum absolute atomic E-state index is 0.291. The van der Waals surface area contributed by atoms with Crippen molar-refractivity contribution in [1.82, 2.24) is 0 Å². The first-order chi connectivity index (χ1) is 7.63. The van der Waals surface area contributed by atoms with E-state index in [0.717, 1.165) is 30.1 Å². The summed E-state index contributed by atoms with van der Waals surface area (Å²) in [5.41, 5.74) is 1.04. The van der Waals surface area contributed by atoms with Gasteiger partial charge in [-0.1, -0.05) is 13.3 Å². The van der Waals surface area contributed by atoms with Gasteiger partial charge in [-0.05, 0) is 49.8 Å². The monoisotopic (exact) mass is 220 g/mol. The summed E-state index contributed by atoms with van der Waals surface area (Å²) in [5, 5.41) is 9.50. The van der Waals surface area contributed by atoms with E-state index >= 15 is 0 Å². The molecule has 2 heteroatoms. The van der Waals surface area contributed by atoms with Crippen molar-refractivity contribution in [1.29, 1.82) is 0 Å². The Hall–Kier alpha value is -1.18. The quantitative estimate of drug-likeness (QED) is 0.824. The molecule has 1 aliphatic carbocycles. The molecule has 1 fully saturated rings. The minimum atomic E-state index is 0.291.